The molecule has 2 N–H and O–H groups in total. The number of aromatic nitrogens is 1. The summed E-state index contributed by atoms with van der Waals surface area (Å²) in [5.74, 6) is 1.55. The van der Waals surface area contributed by atoms with Gasteiger partial charge in [0.25, 0.3) is 5.91 Å². The van der Waals surface area contributed by atoms with Crippen LogP contribution in [0.25, 0.3) is 0 Å². The Kier molecular flexibility index (Phi) is 12.3. The molecule has 36 heavy (non-hydrogen) atoms. The van der Waals surface area contributed by atoms with Crippen molar-refractivity contribution in [2.45, 2.75) is 19.9 Å². The standard InChI is InChI=1S/C26H31N3O5.2ClH/c1-17-14-19(11-13-28-17)16-29(2)26(30)21-15-22(24(32-4)25(33-5)23(21)31-3)34-20-8-6-18(7-9-20)10-12-27;;/h6-9,11,13-15H,10,12,16,27H2,1-5H3;2*1H. The maximum Gasteiger partial charge on any atom is 0.257 e. The van der Waals surface area contributed by atoms with Crippen LogP contribution in [0.3, 0.4) is 0 Å². The normalized spacial score (nSPS) is 9.94. The van der Waals surface area contributed by atoms with Crippen LogP contribution in [0.5, 0.6) is 28.7 Å². The zero-order valence-corrected chi connectivity index (χ0v) is 22.7. The molecule has 0 fully saturated rings. The van der Waals surface area contributed by atoms with Gasteiger partial charge in [0, 0.05) is 31.5 Å². The molecule has 0 aliphatic carbocycles. The molecular formula is C26H33Cl2N3O5. The van der Waals surface area contributed by atoms with E-state index in [1.807, 2.05) is 43.3 Å². The minimum Gasteiger partial charge on any atom is -0.492 e. The first-order chi connectivity index (χ1) is 16.4. The number of hydrogen-bond donors (Lipinski definition) is 1. The molecule has 3 rings (SSSR count). The van der Waals surface area contributed by atoms with Gasteiger partial charge in [-0.25, -0.2) is 0 Å². The molecule has 0 bridgehead atoms. The maximum atomic E-state index is 13.5. The number of hydrogen-bond acceptors (Lipinski definition) is 7. The summed E-state index contributed by atoms with van der Waals surface area (Å²) < 4.78 is 22.8. The van der Waals surface area contributed by atoms with E-state index < -0.39 is 0 Å². The molecule has 3 aromatic rings. The van der Waals surface area contributed by atoms with Gasteiger partial charge >= 0.3 is 0 Å². The molecule has 0 radical (unpaired) electrons. The monoisotopic (exact) mass is 537 g/mol. The van der Waals surface area contributed by atoms with Crippen molar-refractivity contribution < 1.29 is 23.7 Å². The molecule has 2 aromatic carbocycles. The number of nitrogens with zero attached hydrogens (tertiary/aromatic N) is 2. The summed E-state index contributed by atoms with van der Waals surface area (Å²) >= 11 is 0. The van der Waals surface area contributed by atoms with Crippen LogP contribution in [0.15, 0.2) is 48.7 Å². The van der Waals surface area contributed by atoms with E-state index in [1.165, 1.54) is 21.3 Å². The molecule has 0 saturated carbocycles. The number of aryl methyl sites for hydroxylation is 1. The number of ether oxygens (including phenoxy) is 4. The molecule has 10 heteroatoms. The first kappa shape index (κ1) is 30.8. The second-order valence-electron chi connectivity index (χ2n) is 7.77. The fraction of sp³-hybridized carbons (Fsp3) is 0.308. The van der Waals surface area contributed by atoms with Gasteiger partial charge in [-0.3, -0.25) is 9.78 Å². The Morgan fingerprint density at radius 1 is 0.917 bits per heavy atom. The predicted octanol–water partition coefficient (Wildman–Crippen LogP) is 4.83. The number of nitrogens with two attached hydrogens (primary N) is 1. The van der Waals surface area contributed by atoms with Crippen molar-refractivity contribution in [3.05, 3.63) is 71.0 Å². The molecule has 0 aliphatic heterocycles. The van der Waals surface area contributed by atoms with Crippen molar-refractivity contribution in [3.63, 3.8) is 0 Å². The molecule has 0 aliphatic rings. The van der Waals surface area contributed by atoms with Crippen LogP contribution in [-0.2, 0) is 13.0 Å². The molecule has 8 nitrogen and oxygen atoms in total. The van der Waals surface area contributed by atoms with Crippen molar-refractivity contribution >= 4 is 30.7 Å². The van der Waals surface area contributed by atoms with E-state index in [2.05, 4.69) is 4.98 Å². The fourth-order valence-electron chi connectivity index (χ4n) is 3.69. The molecular weight excluding hydrogens is 505 g/mol. The Bertz CT molecular complexity index is 1140. The van der Waals surface area contributed by atoms with Gasteiger partial charge in [0.15, 0.2) is 11.5 Å². The molecule has 1 amide bonds. The minimum absolute atomic E-state index is 0. The lowest BCUT2D eigenvalue weighted by atomic mass is 10.1. The SMILES string of the molecule is COc1c(Oc2ccc(CCN)cc2)cc(C(=O)N(C)Cc2ccnc(C)c2)c(OC)c1OC.Cl.Cl. The summed E-state index contributed by atoms with van der Waals surface area (Å²) in [6, 6.07) is 13.0. The number of benzene rings is 2. The summed E-state index contributed by atoms with van der Waals surface area (Å²) in [4.78, 5) is 19.3. The van der Waals surface area contributed by atoms with E-state index in [0.29, 0.717) is 35.9 Å². The van der Waals surface area contributed by atoms with E-state index in [1.54, 1.807) is 24.2 Å². The van der Waals surface area contributed by atoms with Crippen molar-refractivity contribution in [2.75, 3.05) is 34.9 Å². The highest BCUT2D eigenvalue weighted by atomic mass is 35.5. The summed E-state index contributed by atoms with van der Waals surface area (Å²) in [5.41, 5.74) is 8.89. The largest absolute Gasteiger partial charge is 0.492 e. The second-order valence-corrected chi connectivity index (χ2v) is 7.77. The lowest BCUT2D eigenvalue weighted by Gasteiger charge is -2.22. The van der Waals surface area contributed by atoms with Crippen LogP contribution in [0.1, 0.15) is 27.2 Å². The molecule has 0 saturated heterocycles. The number of rotatable bonds is 10. The second kappa shape index (κ2) is 14.4. The third kappa shape index (κ3) is 7.16. The summed E-state index contributed by atoms with van der Waals surface area (Å²) in [6.07, 6.45) is 2.51. The van der Waals surface area contributed by atoms with Crippen molar-refractivity contribution in [1.29, 1.82) is 0 Å². The van der Waals surface area contributed by atoms with E-state index in [4.69, 9.17) is 24.7 Å². The number of pyridine rings is 1. The van der Waals surface area contributed by atoms with Crippen LogP contribution in [0.4, 0.5) is 0 Å². The van der Waals surface area contributed by atoms with E-state index in [-0.39, 0.29) is 42.2 Å². The van der Waals surface area contributed by atoms with Crippen molar-refractivity contribution in [2.24, 2.45) is 5.73 Å². The van der Waals surface area contributed by atoms with Gasteiger partial charge < -0.3 is 29.6 Å². The van der Waals surface area contributed by atoms with Crippen LogP contribution in [0, 0.1) is 6.92 Å². The first-order valence-corrected chi connectivity index (χ1v) is 10.9. The van der Waals surface area contributed by atoms with Gasteiger partial charge in [-0.05, 0) is 55.3 Å². The Hall–Kier alpha value is -3.20. The van der Waals surface area contributed by atoms with E-state index in [0.717, 1.165) is 23.2 Å². The van der Waals surface area contributed by atoms with Crippen LogP contribution in [0.2, 0.25) is 0 Å². The van der Waals surface area contributed by atoms with Crippen LogP contribution >= 0.6 is 24.8 Å². The lowest BCUT2D eigenvalue weighted by Crippen LogP contribution is -2.27. The number of carbonyl (C=O) groups excluding carboxylic acids is 1. The fourth-order valence-corrected chi connectivity index (χ4v) is 3.69. The summed E-state index contributed by atoms with van der Waals surface area (Å²) in [7, 11) is 6.21. The molecule has 1 aromatic heterocycles. The van der Waals surface area contributed by atoms with Gasteiger partial charge in [-0.1, -0.05) is 12.1 Å². The smallest absolute Gasteiger partial charge is 0.257 e. The zero-order valence-electron chi connectivity index (χ0n) is 21.1. The summed E-state index contributed by atoms with van der Waals surface area (Å²) in [5, 5.41) is 0. The molecule has 0 unspecified atom stereocenters. The Balaban J connectivity index is 0.00000324. The zero-order chi connectivity index (χ0) is 24.7. The van der Waals surface area contributed by atoms with Crippen LogP contribution < -0.4 is 24.7 Å². The molecule has 0 atom stereocenters. The Morgan fingerprint density at radius 3 is 2.11 bits per heavy atom. The number of methoxy groups -OCH3 is 3. The molecule has 1 heterocycles. The molecule has 196 valence electrons. The Labute approximate surface area is 224 Å². The third-order valence-corrected chi connectivity index (χ3v) is 5.31. The van der Waals surface area contributed by atoms with Gasteiger partial charge in [0.05, 0.1) is 26.9 Å². The summed E-state index contributed by atoms with van der Waals surface area (Å²) in [6.45, 7) is 2.88. The van der Waals surface area contributed by atoms with Gasteiger partial charge in [-0.15, -0.1) is 24.8 Å². The van der Waals surface area contributed by atoms with Crippen molar-refractivity contribution in [3.8, 4) is 28.7 Å². The lowest BCUT2D eigenvalue weighted by molar-refractivity contribution is 0.0780. The average molecular weight is 538 g/mol. The van der Waals surface area contributed by atoms with E-state index in [9.17, 15) is 4.79 Å². The topological polar surface area (TPSA) is 96.1 Å². The highest BCUT2D eigenvalue weighted by Crippen LogP contribution is 2.48. The third-order valence-electron chi connectivity index (χ3n) is 5.31. The van der Waals surface area contributed by atoms with Crippen LogP contribution in [-0.4, -0.2) is 50.7 Å². The number of halogens is 2. The number of amides is 1. The van der Waals surface area contributed by atoms with Gasteiger partial charge in [-0.2, -0.15) is 0 Å². The van der Waals surface area contributed by atoms with Crippen molar-refractivity contribution in [1.82, 2.24) is 9.88 Å². The average Bonchev–Trinajstić information content (AvgIpc) is 2.84. The van der Waals surface area contributed by atoms with Gasteiger partial charge in [0.1, 0.15) is 5.75 Å². The first-order valence-electron chi connectivity index (χ1n) is 10.9. The molecule has 0 spiro atoms. The van der Waals surface area contributed by atoms with Gasteiger partial charge in [0.2, 0.25) is 11.5 Å². The minimum atomic E-state index is -0.254. The van der Waals surface area contributed by atoms with E-state index >= 15 is 0 Å². The highest BCUT2D eigenvalue weighted by molar-refractivity contribution is 5.99. The number of carbonyl (C=O) groups is 1. The highest BCUT2D eigenvalue weighted by Gasteiger charge is 2.27. The Morgan fingerprint density at radius 2 is 1.56 bits per heavy atom. The maximum absolute atomic E-state index is 13.5. The predicted molar refractivity (Wildman–Crippen MR) is 145 cm³/mol. The quantitative estimate of drug-likeness (QED) is 0.395.